The second-order valence-electron chi connectivity index (χ2n) is 6.21. The summed E-state index contributed by atoms with van der Waals surface area (Å²) in [6.45, 7) is 3.37. The van der Waals surface area contributed by atoms with Crippen molar-refractivity contribution in [1.82, 2.24) is 0 Å². The first-order valence-corrected chi connectivity index (χ1v) is 7.70. The largest absolute Gasteiger partial charge is 0.412 e. The molecule has 0 aromatic rings. The lowest BCUT2D eigenvalue weighted by Crippen LogP contribution is -2.29. The summed E-state index contributed by atoms with van der Waals surface area (Å²) < 4.78 is 60.9. The van der Waals surface area contributed by atoms with Crippen LogP contribution in [-0.2, 0) is 9.47 Å². The highest BCUT2D eigenvalue weighted by atomic mass is 19.4. The quantitative estimate of drug-likeness (QED) is 0.550. The maximum Gasteiger partial charge on any atom is 0.412 e. The van der Waals surface area contributed by atoms with Crippen LogP contribution in [0.2, 0.25) is 0 Å². The molecule has 1 saturated heterocycles. The van der Waals surface area contributed by atoms with E-state index in [4.69, 9.17) is 9.47 Å². The standard InChI is InChI=1S/C16H22F4O2/c1-11-9-21-15(22-10-11)7-4-12-2-5-13(6-3-12)14(17)8-16(18,19)20/h4,7-8,11-13,15H,2-3,5-6,9-10H2,1H3/b7-4+,14-8-. The fourth-order valence-corrected chi connectivity index (χ4v) is 2.84. The van der Waals surface area contributed by atoms with Crippen molar-refractivity contribution in [2.75, 3.05) is 13.2 Å². The summed E-state index contributed by atoms with van der Waals surface area (Å²) in [5, 5.41) is 0. The predicted octanol–water partition coefficient (Wildman–Crippen LogP) is 4.77. The Kier molecular flexibility index (Phi) is 6.03. The maximum absolute atomic E-state index is 13.5. The van der Waals surface area contributed by atoms with Gasteiger partial charge in [-0.1, -0.05) is 13.0 Å². The zero-order valence-electron chi connectivity index (χ0n) is 12.6. The molecule has 0 amide bonds. The van der Waals surface area contributed by atoms with Gasteiger partial charge in [-0.15, -0.1) is 0 Å². The minimum Gasteiger partial charge on any atom is -0.349 e. The molecule has 1 aliphatic heterocycles. The molecule has 1 heterocycles. The van der Waals surface area contributed by atoms with Crippen molar-refractivity contribution in [2.45, 2.75) is 45.1 Å². The second-order valence-corrected chi connectivity index (χ2v) is 6.21. The third-order valence-corrected chi connectivity index (χ3v) is 4.09. The van der Waals surface area contributed by atoms with Crippen LogP contribution in [0.3, 0.4) is 0 Å². The lowest BCUT2D eigenvalue weighted by atomic mass is 9.81. The summed E-state index contributed by atoms with van der Waals surface area (Å²) in [4.78, 5) is 0. The molecule has 0 N–H and O–H groups in total. The average Bonchev–Trinajstić information content (AvgIpc) is 2.45. The smallest absolute Gasteiger partial charge is 0.349 e. The van der Waals surface area contributed by atoms with E-state index in [2.05, 4.69) is 0 Å². The summed E-state index contributed by atoms with van der Waals surface area (Å²) in [6, 6.07) is 0. The van der Waals surface area contributed by atoms with E-state index < -0.39 is 17.9 Å². The molecular formula is C16H22F4O2. The van der Waals surface area contributed by atoms with Crippen molar-refractivity contribution in [3.63, 3.8) is 0 Å². The van der Waals surface area contributed by atoms with E-state index in [-0.39, 0.29) is 18.3 Å². The molecule has 0 unspecified atom stereocenters. The molecule has 0 aromatic carbocycles. The number of halogens is 4. The molecular weight excluding hydrogens is 300 g/mol. The van der Waals surface area contributed by atoms with Gasteiger partial charge in [-0.05, 0) is 37.7 Å². The predicted molar refractivity (Wildman–Crippen MR) is 74.7 cm³/mol. The van der Waals surface area contributed by atoms with Gasteiger partial charge in [0.15, 0.2) is 6.29 Å². The van der Waals surface area contributed by atoms with Gasteiger partial charge < -0.3 is 9.47 Å². The van der Waals surface area contributed by atoms with Crippen LogP contribution in [-0.4, -0.2) is 25.7 Å². The van der Waals surface area contributed by atoms with Gasteiger partial charge in [0.05, 0.1) is 19.3 Å². The number of allylic oxidation sites excluding steroid dienone is 3. The Morgan fingerprint density at radius 2 is 1.59 bits per heavy atom. The number of rotatable bonds is 3. The molecule has 126 valence electrons. The second kappa shape index (κ2) is 7.59. The van der Waals surface area contributed by atoms with Crippen molar-refractivity contribution in [3.8, 4) is 0 Å². The Bertz CT molecular complexity index is 401. The van der Waals surface area contributed by atoms with Crippen LogP contribution in [0.25, 0.3) is 0 Å². The van der Waals surface area contributed by atoms with E-state index in [0.29, 0.717) is 44.8 Å². The van der Waals surface area contributed by atoms with Crippen LogP contribution in [0.5, 0.6) is 0 Å². The molecule has 2 fully saturated rings. The Hall–Kier alpha value is -0.880. The van der Waals surface area contributed by atoms with Crippen LogP contribution in [0, 0.1) is 17.8 Å². The Morgan fingerprint density at radius 3 is 2.14 bits per heavy atom. The van der Waals surface area contributed by atoms with Crippen LogP contribution in [0.1, 0.15) is 32.6 Å². The zero-order valence-corrected chi connectivity index (χ0v) is 12.6. The summed E-state index contributed by atoms with van der Waals surface area (Å²) in [7, 11) is 0. The summed E-state index contributed by atoms with van der Waals surface area (Å²) in [5.41, 5.74) is 0. The molecule has 2 aliphatic rings. The minimum atomic E-state index is -4.58. The highest BCUT2D eigenvalue weighted by Crippen LogP contribution is 2.36. The van der Waals surface area contributed by atoms with Crippen LogP contribution < -0.4 is 0 Å². The van der Waals surface area contributed by atoms with Gasteiger partial charge in [0.2, 0.25) is 0 Å². The highest BCUT2D eigenvalue weighted by Gasteiger charge is 2.30. The fraction of sp³-hybridized carbons (Fsp3) is 0.750. The molecule has 22 heavy (non-hydrogen) atoms. The fourth-order valence-electron chi connectivity index (χ4n) is 2.84. The normalized spacial score (nSPS) is 35.0. The molecule has 6 heteroatoms. The molecule has 2 rings (SSSR count). The first-order chi connectivity index (χ1) is 10.3. The van der Waals surface area contributed by atoms with E-state index >= 15 is 0 Å². The van der Waals surface area contributed by atoms with Gasteiger partial charge in [-0.25, -0.2) is 4.39 Å². The van der Waals surface area contributed by atoms with Crippen molar-refractivity contribution < 1.29 is 27.0 Å². The Labute approximate surface area is 128 Å². The molecule has 0 radical (unpaired) electrons. The van der Waals surface area contributed by atoms with Gasteiger partial charge in [0.1, 0.15) is 5.83 Å². The average molecular weight is 322 g/mol. The Morgan fingerprint density at radius 1 is 1.00 bits per heavy atom. The topological polar surface area (TPSA) is 18.5 Å². The van der Waals surface area contributed by atoms with Gasteiger partial charge in [-0.2, -0.15) is 13.2 Å². The lowest BCUT2D eigenvalue weighted by Gasteiger charge is -2.28. The first-order valence-electron chi connectivity index (χ1n) is 7.70. The van der Waals surface area contributed by atoms with Gasteiger partial charge in [0.25, 0.3) is 0 Å². The van der Waals surface area contributed by atoms with Crippen molar-refractivity contribution in [1.29, 1.82) is 0 Å². The minimum absolute atomic E-state index is 0.210. The summed E-state index contributed by atoms with van der Waals surface area (Å²) in [6.07, 6.45) is 0.976. The third kappa shape index (κ3) is 5.72. The monoisotopic (exact) mass is 322 g/mol. The molecule has 1 saturated carbocycles. The summed E-state index contributed by atoms with van der Waals surface area (Å²) in [5.74, 6) is -0.998. The van der Waals surface area contributed by atoms with E-state index in [1.807, 2.05) is 19.1 Å². The number of alkyl halides is 3. The Balaban J connectivity index is 1.76. The summed E-state index contributed by atoms with van der Waals surface area (Å²) >= 11 is 0. The number of ether oxygens (including phenoxy) is 2. The maximum atomic E-state index is 13.5. The van der Waals surface area contributed by atoms with Gasteiger partial charge >= 0.3 is 6.18 Å². The van der Waals surface area contributed by atoms with Crippen molar-refractivity contribution in [2.24, 2.45) is 17.8 Å². The van der Waals surface area contributed by atoms with E-state index in [0.717, 1.165) is 0 Å². The lowest BCUT2D eigenvalue weighted by molar-refractivity contribution is -0.171. The molecule has 0 aromatic heterocycles. The highest BCUT2D eigenvalue weighted by molar-refractivity contribution is 5.04. The van der Waals surface area contributed by atoms with E-state index in [9.17, 15) is 17.6 Å². The van der Waals surface area contributed by atoms with Crippen LogP contribution >= 0.6 is 0 Å². The van der Waals surface area contributed by atoms with E-state index in [1.165, 1.54) is 0 Å². The molecule has 0 bridgehead atoms. The first kappa shape index (κ1) is 17.5. The van der Waals surface area contributed by atoms with Crippen LogP contribution in [0.15, 0.2) is 24.1 Å². The molecule has 1 aliphatic carbocycles. The van der Waals surface area contributed by atoms with Gasteiger partial charge in [-0.3, -0.25) is 0 Å². The SMILES string of the molecule is CC1COC(/C=C/C2CCC(/C(F)=C/C(F)(F)F)CC2)OC1. The van der Waals surface area contributed by atoms with E-state index in [1.54, 1.807) is 0 Å². The molecule has 0 spiro atoms. The van der Waals surface area contributed by atoms with Crippen LogP contribution in [0.4, 0.5) is 17.6 Å². The third-order valence-electron chi connectivity index (χ3n) is 4.09. The van der Waals surface area contributed by atoms with Gasteiger partial charge in [0, 0.05) is 11.8 Å². The zero-order chi connectivity index (χ0) is 16.2. The van der Waals surface area contributed by atoms with Crippen molar-refractivity contribution >= 4 is 0 Å². The molecule has 2 nitrogen and oxygen atoms in total. The number of hydrogen-bond donors (Lipinski definition) is 0. The molecule has 0 atom stereocenters. The van der Waals surface area contributed by atoms with Crippen molar-refractivity contribution in [3.05, 3.63) is 24.1 Å². The number of hydrogen-bond acceptors (Lipinski definition) is 2.